The van der Waals surface area contributed by atoms with Crippen molar-refractivity contribution in [2.75, 3.05) is 0 Å². The fourth-order valence-corrected chi connectivity index (χ4v) is 2.29. The SMILES string of the molecule is C=C(O)CC(C)(C)CC(C)CCC(C)C. The van der Waals surface area contributed by atoms with Crippen molar-refractivity contribution in [3.05, 3.63) is 12.3 Å². The van der Waals surface area contributed by atoms with Crippen LogP contribution in [0.25, 0.3) is 0 Å². The van der Waals surface area contributed by atoms with Crippen LogP contribution in [0.4, 0.5) is 0 Å². The molecule has 90 valence electrons. The highest BCUT2D eigenvalue weighted by atomic mass is 16.3. The van der Waals surface area contributed by atoms with Crippen molar-refractivity contribution in [1.29, 1.82) is 0 Å². The summed E-state index contributed by atoms with van der Waals surface area (Å²) in [4.78, 5) is 0. The van der Waals surface area contributed by atoms with Gasteiger partial charge in [-0.2, -0.15) is 0 Å². The Balaban J connectivity index is 3.92. The van der Waals surface area contributed by atoms with Gasteiger partial charge in [0.25, 0.3) is 0 Å². The summed E-state index contributed by atoms with van der Waals surface area (Å²) in [6.45, 7) is 14.8. The molecule has 0 aliphatic heterocycles. The molecule has 0 saturated heterocycles. The molecular weight excluding hydrogens is 184 g/mol. The Labute approximate surface area is 95.6 Å². The summed E-state index contributed by atoms with van der Waals surface area (Å²) in [5.41, 5.74) is 0.183. The fourth-order valence-electron chi connectivity index (χ4n) is 2.29. The van der Waals surface area contributed by atoms with E-state index < -0.39 is 0 Å². The maximum atomic E-state index is 9.22. The van der Waals surface area contributed by atoms with E-state index >= 15 is 0 Å². The Kier molecular flexibility index (Phi) is 6.00. The first-order valence-electron chi connectivity index (χ1n) is 6.09. The number of hydrogen-bond acceptors (Lipinski definition) is 1. The van der Waals surface area contributed by atoms with Gasteiger partial charge >= 0.3 is 0 Å². The van der Waals surface area contributed by atoms with Crippen LogP contribution in [-0.2, 0) is 0 Å². The van der Waals surface area contributed by atoms with Crippen LogP contribution in [0.3, 0.4) is 0 Å². The molecule has 0 rings (SSSR count). The van der Waals surface area contributed by atoms with Gasteiger partial charge in [-0.15, -0.1) is 0 Å². The lowest BCUT2D eigenvalue weighted by Gasteiger charge is -2.28. The molecule has 0 fully saturated rings. The molecule has 0 aromatic rings. The zero-order valence-electron chi connectivity index (χ0n) is 11.1. The Morgan fingerprint density at radius 2 is 1.73 bits per heavy atom. The third-order valence-corrected chi connectivity index (χ3v) is 2.82. The second kappa shape index (κ2) is 6.19. The van der Waals surface area contributed by atoms with E-state index in [1.807, 2.05) is 0 Å². The van der Waals surface area contributed by atoms with Gasteiger partial charge in [0.1, 0.15) is 0 Å². The van der Waals surface area contributed by atoms with Crippen LogP contribution in [0.5, 0.6) is 0 Å². The van der Waals surface area contributed by atoms with Gasteiger partial charge in [0.2, 0.25) is 0 Å². The van der Waals surface area contributed by atoms with Crippen LogP contribution in [0.2, 0.25) is 0 Å². The molecule has 0 radical (unpaired) electrons. The molecule has 15 heavy (non-hydrogen) atoms. The number of aliphatic hydroxyl groups is 1. The smallest absolute Gasteiger partial charge is 0.0856 e. The number of rotatable bonds is 7. The molecule has 0 spiro atoms. The summed E-state index contributed by atoms with van der Waals surface area (Å²) in [6, 6.07) is 0. The molecule has 0 aromatic carbocycles. The monoisotopic (exact) mass is 212 g/mol. The first kappa shape index (κ1) is 14.5. The van der Waals surface area contributed by atoms with E-state index in [9.17, 15) is 5.11 Å². The normalized spacial score (nSPS) is 14.3. The standard InChI is InChI=1S/C14H28O/c1-11(2)7-8-12(3)9-14(5,6)10-13(4)15/h11-12,15H,4,7-10H2,1-3,5-6H3. The van der Waals surface area contributed by atoms with Crippen molar-refractivity contribution in [3.8, 4) is 0 Å². The quantitative estimate of drug-likeness (QED) is 0.593. The van der Waals surface area contributed by atoms with E-state index in [1.54, 1.807) is 0 Å². The largest absolute Gasteiger partial charge is 0.513 e. The van der Waals surface area contributed by atoms with Gasteiger partial charge in [-0.05, 0) is 23.7 Å². The van der Waals surface area contributed by atoms with Crippen LogP contribution in [0.1, 0.15) is 60.3 Å². The Morgan fingerprint density at radius 1 is 1.20 bits per heavy atom. The third kappa shape index (κ3) is 8.53. The second-order valence-corrected chi connectivity index (χ2v) is 6.19. The Morgan fingerprint density at radius 3 is 2.13 bits per heavy atom. The van der Waals surface area contributed by atoms with Crippen molar-refractivity contribution in [2.45, 2.75) is 60.3 Å². The van der Waals surface area contributed by atoms with Gasteiger partial charge in [-0.3, -0.25) is 0 Å². The first-order valence-corrected chi connectivity index (χ1v) is 6.09. The highest BCUT2D eigenvalue weighted by Crippen LogP contribution is 2.33. The van der Waals surface area contributed by atoms with E-state index in [2.05, 4.69) is 41.2 Å². The molecule has 1 unspecified atom stereocenters. The van der Waals surface area contributed by atoms with Gasteiger partial charge in [-0.25, -0.2) is 0 Å². The van der Waals surface area contributed by atoms with Crippen LogP contribution >= 0.6 is 0 Å². The molecule has 0 aromatic heterocycles. The average molecular weight is 212 g/mol. The maximum Gasteiger partial charge on any atom is 0.0856 e. The summed E-state index contributed by atoms with van der Waals surface area (Å²) in [5, 5.41) is 9.22. The highest BCUT2D eigenvalue weighted by molar-refractivity contribution is 4.87. The zero-order chi connectivity index (χ0) is 12.1. The molecule has 1 N–H and O–H groups in total. The third-order valence-electron chi connectivity index (χ3n) is 2.82. The molecule has 0 amide bonds. The Bertz CT molecular complexity index is 192. The predicted octanol–water partition coefficient (Wildman–Crippen LogP) is 4.94. The van der Waals surface area contributed by atoms with Crippen molar-refractivity contribution in [3.63, 3.8) is 0 Å². The van der Waals surface area contributed by atoms with Crippen LogP contribution in [-0.4, -0.2) is 5.11 Å². The fraction of sp³-hybridized carbons (Fsp3) is 0.857. The van der Waals surface area contributed by atoms with E-state index in [0.717, 1.165) is 18.3 Å². The summed E-state index contributed by atoms with van der Waals surface area (Å²) < 4.78 is 0. The lowest BCUT2D eigenvalue weighted by atomic mass is 9.78. The minimum Gasteiger partial charge on any atom is -0.513 e. The van der Waals surface area contributed by atoms with Crippen molar-refractivity contribution >= 4 is 0 Å². The lowest BCUT2D eigenvalue weighted by molar-refractivity contribution is 0.225. The maximum absolute atomic E-state index is 9.22. The van der Waals surface area contributed by atoms with E-state index in [1.165, 1.54) is 19.3 Å². The number of aliphatic hydroxyl groups excluding tert-OH is 1. The summed E-state index contributed by atoms with van der Waals surface area (Å²) in [6.07, 6.45) is 4.48. The second-order valence-electron chi connectivity index (χ2n) is 6.19. The van der Waals surface area contributed by atoms with Crippen molar-refractivity contribution in [2.24, 2.45) is 17.3 Å². The average Bonchev–Trinajstić information content (AvgIpc) is 1.96. The molecule has 0 saturated carbocycles. The molecular formula is C14H28O. The van der Waals surface area contributed by atoms with Gasteiger partial charge in [-0.1, -0.05) is 54.0 Å². The zero-order valence-corrected chi connectivity index (χ0v) is 11.1. The van der Waals surface area contributed by atoms with Gasteiger partial charge in [0.05, 0.1) is 5.76 Å². The van der Waals surface area contributed by atoms with Crippen LogP contribution < -0.4 is 0 Å². The molecule has 0 bridgehead atoms. The van der Waals surface area contributed by atoms with Crippen molar-refractivity contribution in [1.82, 2.24) is 0 Å². The molecule has 1 atom stereocenters. The van der Waals surface area contributed by atoms with E-state index in [-0.39, 0.29) is 5.41 Å². The number of hydrogen-bond donors (Lipinski definition) is 1. The first-order chi connectivity index (χ1) is 6.73. The molecule has 0 aliphatic rings. The van der Waals surface area contributed by atoms with Gasteiger partial charge in [0, 0.05) is 6.42 Å². The lowest BCUT2D eigenvalue weighted by Crippen LogP contribution is -2.16. The minimum atomic E-state index is 0.183. The molecule has 0 heterocycles. The summed E-state index contributed by atoms with van der Waals surface area (Å²) >= 11 is 0. The summed E-state index contributed by atoms with van der Waals surface area (Å²) in [5.74, 6) is 1.85. The van der Waals surface area contributed by atoms with Crippen molar-refractivity contribution < 1.29 is 5.11 Å². The van der Waals surface area contributed by atoms with E-state index in [0.29, 0.717) is 5.76 Å². The van der Waals surface area contributed by atoms with Gasteiger partial charge < -0.3 is 5.11 Å². The summed E-state index contributed by atoms with van der Waals surface area (Å²) in [7, 11) is 0. The van der Waals surface area contributed by atoms with Crippen LogP contribution in [0.15, 0.2) is 12.3 Å². The topological polar surface area (TPSA) is 20.2 Å². The molecule has 0 aliphatic carbocycles. The number of allylic oxidation sites excluding steroid dienone is 1. The van der Waals surface area contributed by atoms with E-state index in [4.69, 9.17) is 0 Å². The van der Waals surface area contributed by atoms with Crippen LogP contribution in [0, 0.1) is 17.3 Å². The Hall–Kier alpha value is -0.460. The molecule has 1 heteroatoms. The minimum absolute atomic E-state index is 0.183. The van der Waals surface area contributed by atoms with Gasteiger partial charge in [0.15, 0.2) is 0 Å². The highest BCUT2D eigenvalue weighted by Gasteiger charge is 2.22. The predicted molar refractivity (Wildman–Crippen MR) is 68.0 cm³/mol. The molecule has 1 nitrogen and oxygen atoms in total.